The van der Waals surface area contributed by atoms with Crippen molar-refractivity contribution in [1.29, 1.82) is 0 Å². The fourth-order valence-corrected chi connectivity index (χ4v) is 5.73. The topological polar surface area (TPSA) is 78.0 Å². The van der Waals surface area contributed by atoms with Gasteiger partial charge in [0.25, 0.3) is 11.8 Å². The van der Waals surface area contributed by atoms with Gasteiger partial charge >= 0.3 is 0 Å². The van der Waals surface area contributed by atoms with Gasteiger partial charge in [0.15, 0.2) is 0 Å². The number of rotatable bonds is 5. The molecule has 5 rings (SSSR count). The SMILES string of the molecule is O=C1c2ccccc2C(=O)N1c1ccc(S(=O)(=O)N2CCN(Cc3ccccc3)CC2)cc1. The summed E-state index contributed by atoms with van der Waals surface area (Å²) in [5.41, 5.74) is 2.27. The van der Waals surface area contributed by atoms with Crippen molar-refractivity contribution in [2.45, 2.75) is 11.4 Å². The lowest BCUT2D eigenvalue weighted by atomic mass is 10.1. The molecule has 0 aliphatic carbocycles. The highest BCUT2D eigenvalue weighted by atomic mass is 32.2. The van der Waals surface area contributed by atoms with Crippen LogP contribution in [0.15, 0.2) is 83.8 Å². The summed E-state index contributed by atoms with van der Waals surface area (Å²) in [5.74, 6) is -0.804. The molecule has 33 heavy (non-hydrogen) atoms. The van der Waals surface area contributed by atoms with Gasteiger partial charge in [-0.1, -0.05) is 42.5 Å². The Morgan fingerprint density at radius 1 is 0.667 bits per heavy atom. The molecule has 0 radical (unpaired) electrons. The Hall–Kier alpha value is -3.33. The first kappa shape index (κ1) is 21.5. The van der Waals surface area contributed by atoms with E-state index in [1.165, 1.54) is 34.1 Å². The quantitative estimate of drug-likeness (QED) is 0.546. The monoisotopic (exact) mass is 461 g/mol. The minimum atomic E-state index is -3.66. The van der Waals surface area contributed by atoms with Gasteiger partial charge in [0.05, 0.1) is 21.7 Å². The zero-order valence-electron chi connectivity index (χ0n) is 17.9. The minimum absolute atomic E-state index is 0.152. The first-order valence-electron chi connectivity index (χ1n) is 10.8. The largest absolute Gasteiger partial charge is 0.296 e. The van der Waals surface area contributed by atoms with E-state index in [4.69, 9.17) is 0 Å². The Kier molecular flexibility index (Phi) is 5.57. The molecule has 0 saturated carbocycles. The minimum Gasteiger partial charge on any atom is -0.296 e. The Balaban J connectivity index is 1.28. The molecule has 7 nitrogen and oxygen atoms in total. The summed E-state index contributed by atoms with van der Waals surface area (Å²) in [6.45, 7) is 2.93. The van der Waals surface area contributed by atoms with E-state index in [0.29, 0.717) is 43.0 Å². The van der Waals surface area contributed by atoms with E-state index in [1.807, 2.05) is 18.2 Å². The summed E-state index contributed by atoms with van der Waals surface area (Å²) in [7, 11) is -3.66. The van der Waals surface area contributed by atoms with E-state index in [1.54, 1.807) is 24.3 Å². The van der Waals surface area contributed by atoms with Crippen LogP contribution in [0.5, 0.6) is 0 Å². The first-order valence-corrected chi connectivity index (χ1v) is 12.2. The summed E-state index contributed by atoms with van der Waals surface area (Å²) in [6.07, 6.45) is 0. The number of anilines is 1. The van der Waals surface area contributed by atoms with E-state index < -0.39 is 21.8 Å². The summed E-state index contributed by atoms with van der Waals surface area (Å²) in [4.78, 5) is 28.8. The molecule has 3 aromatic carbocycles. The van der Waals surface area contributed by atoms with Crippen LogP contribution in [0.4, 0.5) is 5.69 Å². The highest BCUT2D eigenvalue weighted by Crippen LogP contribution is 2.29. The molecule has 168 valence electrons. The highest BCUT2D eigenvalue weighted by molar-refractivity contribution is 7.89. The van der Waals surface area contributed by atoms with E-state index in [0.717, 1.165) is 11.4 Å². The van der Waals surface area contributed by atoms with Crippen LogP contribution in [-0.4, -0.2) is 55.6 Å². The molecule has 0 bridgehead atoms. The van der Waals surface area contributed by atoms with Crippen LogP contribution in [0, 0.1) is 0 Å². The maximum Gasteiger partial charge on any atom is 0.266 e. The summed E-state index contributed by atoms with van der Waals surface area (Å²) in [6, 6.07) is 22.7. The van der Waals surface area contributed by atoms with Crippen molar-refractivity contribution in [3.05, 3.63) is 95.6 Å². The molecule has 8 heteroatoms. The molecule has 0 spiro atoms. The lowest BCUT2D eigenvalue weighted by Crippen LogP contribution is -2.48. The van der Waals surface area contributed by atoms with Gasteiger partial charge in [0, 0.05) is 32.7 Å². The average Bonchev–Trinajstić information content (AvgIpc) is 3.10. The zero-order chi connectivity index (χ0) is 23.0. The van der Waals surface area contributed by atoms with Crippen molar-refractivity contribution in [3.8, 4) is 0 Å². The van der Waals surface area contributed by atoms with Crippen LogP contribution in [-0.2, 0) is 16.6 Å². The molecule has 0 aromatic heterocycles. The second kappa shape index (κ2) is 8.55. The molecule has 2 aliphatic rings. The highest BCUT2D eigenvalue weighted by Gasteiger charge is 2.36. The standard InChI is InChI=1S/C25H23N3O4S/c29-24-22-8-4-5-9-23(22)25(30)28(24)20-10-12-21(13-11-20)33(31,32)27-16-14-26(15-17-27)18-19-6-2-1-3-7-19/h1-13H,14-18H2. The molecule has 0 unspecified atom stereocenters. The predicted octanol–water partition coefficient (Wildman–Crippen LogP) is 2.99. The van der Waals surface area contributed by atoms with Crippen molar-refractivity contribution in [2.75, 3.05) is 31.1 Å². The lowest BCUT2D eigenvalue weighted by Gasteiger charge is -2.34. The Morgan fingerprint density at radius 2 is 1.21 bits per heavy atom. The first-order chi connectivity index (χ1) is 15.9. The van der Waals surface area contributed by atoms with Gasteiger partial charge < -0.3 is 0 Å². The number of benzene rings is 3. The van der Waals surface area contributed by atoms with Crippen LogP contribution in [0.25, 0.3) is 0 Å². The number of hydrogen-bond acceptors (Lipinski definition) is 5. The smallest absolute Gasteiger partial charge is 0.266 e. The Bertz CT molecular complexity index is 1260. The van der Waals surface area contributed by atoms with Gasteiger partial charge in [-0.2, -0.15) is 4.31 Å². The van der Waals surface area contributed by atoms with Crippen molar-refractivity contribution in [2.24, 2.45) is 0 Å². The van der Waals surface area contributed by atoms with Gasteiger partial charge in [-0.3, -0.25) is 14.5 Å². The van der Waals surface area contributed by atoms with E-state index in [2.05, 4.69) is 17.0 Å². The van der Waals surface area contributed by atoms with E-state index >= 15 is 0 Å². The third kappa shape index (κ3) is 3.97. The second-order valence-corrected chi connectivity index (χ2v) is 10.1. The number of carbonyl (C=O) groups excluding carboxylic acids is 2. The molecule has 3 aromatic rings. The molecule has 2 heterocycles. The number of sulfonamides is 1. The van der Waals surface area contributed by atoms with E-state index in [-0.39, 0.29) is 4.90 Å². The van der Waals surface area contributed by atoms with E-state index in [9.17, 15) is 18.0 Å². The van der Waals surface area contributed by atoms with Crippen LogP contribution in [0.3, 0.4) is 0 Å². The summed E-state index contributed by atoms with van der Waals surface area (Å²) in [5, 5.41) is 0. The molecule has 1 fully saturated rings. The number of amides is 2. The van der Waals surface area contributed by atoms with Gasteiger partial charge in [-0.25, -0.2) is 13.3 Å². The zero-order valence-corrected chi connectivity index (χ0v) is 18.7. The van der Waals surface area contributed by atoms with Gasteiger partial charge in [0.1, 0.15) is 0 Å². The van der Waals surface area contributed by atoms with Crippen LogP contribution in [0.2, 0.25) is 0 Å². The number of imide groups is 1. The Labute approximate surface area is 192 Å². The third-order valence-electron chi connectivity index (χ3n) is 6.11. The number of piperazine rings is 1. The Morgan fingerprint density at radius 3 is 1.79 bits per heavy atom. The molecular weight excluding hydrogens is 438 g/mol. The van der Waals surface area contributed by atoms with Crippen molar-refractivity contribution in [1.82, 2.24) is 9.21 Å². The summed E-state index contributed by atoms with van der Waals surface area (Å²) < 4.78 is 27.8. The molecule has 0 atom stereocenters. The molecule has 0 N–H and O–H groups in total. The van der Waals surface area contributed by atoms with Crippen molar-refractivity contribution >= 4 is 27.5 Å². The van der Waals surface area contributed by atoms with Crippen LogP contribution < -0.4 is 4.90 Å². The normalized spacial score (nSPS) is 17.4. The van der Waals surface area contributed by atoms with Crippen LogP contribution >= 0.6 is 0 Å². The van der Waals surface area contributed by atoms with Gasteiger partial charge in [-0.05, 0) is 42.0 Å². The number of nitrogens with zero attached hydrogens (tertiary/aromatic N) is 3. The number of carbonyl (C=O) groups is 2. The van der Waals surface area contributed by atoms with Gasteiger partial charge in [0.2, 0.25) is 10.0 Å². The van der Waals surface area contributed by atoms with Crippen molar-refractivity contribution in [3.63, 3.8) is 0 Å². The third-order valence-corrected chi connectivity index (χ3v) is 8.02. The maximum absolute atomic E-state index is 13.2. The molecule has 1 saturated heterocycles. The fourth-order valence-electron chi connectivity index (χ4n) is 4.31. The van der Waals surface area contributed by atoms with Crippen LogP contribution in [0.1, 0.15) is 26.3 Å². The second-order valence-electron chi connectivity index (χ2n) is 8.15. The molecule has 2 amide bonds. The lowest BCUT2D eigenvalue weighted by molar-refractivity contribution is 0.0926. The number of hydrogen-bond donors (Lipinski definition) is 0. The van der Waals surface area contributed by atoms with Crippen molar-refractivity contribution < 1.29 is 18.0 Å². The average molecular weight is 462 g/mol. The summed E-state index contributed by atoms with van der Waals surface area (Å²) >= 11 is 0. The van der Waals surface area contributed by atoms with Gasteiger partial charge in [-0.15, -0.1) is 0 Å². The number of fused-ring (bicyclic) bond motifs is 1. The maximum atomic E-state index is 13.2. The fraction of sp³-hybridized carbons (Fsp3) is 0.200. The predicted molar refractivity (Wildman–Crippen MR) is 125 cm³/mol. The molecular formula is C25H23N3O4S. The molecule has 2 aliphatic heterocycles.